The molecule has 0 heterocycles. The van der Waals surface area contributed by atoms with Gasteiger partial charge in [0.15, 0.2) is 0 Å². The van der Waals surface area contributed by atoms with E-state index in [1.807, 2.05) is 26.0 Å². The molecule has 2 aromatic carbocycles. The van der Waals surface area contributed by atoms with Crippen molar-refractivity contribution in [3.05, 3.63) is 46.5 Å². The molecule has 136 valence electrons. The number of phenols is 2. The standard InChI is InChI=1S/C22H30O2S/c1-13(2)7-17-9-15(5)11-19(21(17)23)25-20-12-16(6)10-18(22(20)24)8-14(3)4/h9-14,23-24H,7-8H2,1-6H3. The highest BCUT2D eigenvalue weighted by Crippen LogP contribution is 2.43. The quantitative estimate of drug-likeness (QED) is 0.640. The zero-order valence-corrected chi connectivity index (χ0v) is 17.0. The van der Waals surface area contributed by atoms with Gasteiger partial charge in [-0.05, 0) is 72.9 Å². The topological polar surface area (TPSA) is 40.5 Å². The summed E-state index contributed by atoms with van der Waals surface area (Å²) in [5, 5.41) is 21.4. The molecule has 0 spiro atoms. The Morgan fingerprint density at radius 2 is 1.08 bits per heavy atom. The van der Waals surface area contributed by atoms with Gasteiger partial charge in [0.05, 0.1) is 9.79 Å². The summed E-state index contributed by atoms with van der Waals surface area (Å²) in [6.45, 7) is 12.7. The molecule has 0 aliphatic heterocycles. The van der Waals surface area contributed by atoms with E-state index in [4.69, 9.17) is 0 Å². The first-order chi connectivity index (χ1) is 11.7. The van der Waals surface area contributed by atoms with E-state index in [2.05, 4.69) is 39.8 Å². The van der Waals surface area contributed by atoms with Gasteiger partial charge in [0.25, 0.3) is 0 Å². The van der Waals surface area contributed by atoms with Gasteiger partial charge in [-0.3, -0.25) is 0 Å². The van der Waals surface area contributed by atoms with E-state index >= 15 is 0 Å². The molecule has 3 heteroatoms. The third-order valence-electron chi connectivity index (χ3n) is 4.07. The van der Waals surface area contributed by atoms with Crippen LogP contribution in [0.4, 0.5) is 0 Å². The Balaban J connectivity index is 2.43. The zero-order chi connectivity index (χ0) is 18.7. The highest BCUT2D eigenvalue weighted by Gasteiger charge is 2.16. The average molecular weight is 359 g/mol. The maximum atomic E-state index is 10.7. The van der Waals surface area contributed by atoms with Crippen molar-refractivity contribution < 1.29 is 10.2 Å². The normalized spacial score (nSPS) is 11.5. The number of rotatable bonds is 6. The van der Waals surface area contributed by atoms with Crippen molar-refractivity contribution >= 4 is 11.8 Å². The fourth-order valence-corrected chi connectivity index (χ4v) is 4.28. The SMILES string of the molecule is Cc1cc(CC(C)C)c(O)c(Sc2cc(C)cc(CC(C)C)c2O)c1. The van der Waals surface area contributed by atoms with Gasteiger partial charge in [-0.1, -0.05) is 51.6 Å². The Kier molecular flexibility index (Phi) is 6.45. The smallest absolute Gasteiger partial charge is 0.132 e. The maximum Gasteiger partial charge on any atom is 0.132 e. The van der Waals surface area contributed by atoms with Crippen molar-refractivity contribution in [3.8, 4) is 11.5 Å². The summed E-state index contributed by atoms with van der Waals surface area (Å²) in [6.07, 6.45) is 1.69. The number of benzene rings is 2. The largest absolute Gasteiger partial charge is 0.506 e. The Labute approximate surface area is 156 Å². The molecule has 0 fully saturated rings. The summed E-state index contributed by atoms with van der Waals surface area (Å²) in [4.78, 5) is 1.62. The first-order valence-electron chi connectivity index (χ1n) is 9.00. The lowest BCUT2D eigenvalue weighted by molar-refractivity contribution is 0.446. The minimum Gasteiger partial charge on any atom is -0.506 e. The summed E-state index contributed by atoms with van der Waals surface area (Å²) >= 11 is 1.45. The first-order valence-corrected chi connectivity index (χ1v) is 9.81. The van der Waals surface area contributed by atoms with Gasteiger partial charge in [-0.2, -0.15) is 0 Å². The lowest BCUT2D eigenvalue weighted by Gasteiger charge is -2.16. The molecule has 2 N–H and O–H groups in total. The van der Waals surface area contributed by atoms with Gasteiger partial charge in [0.1, 0.15) is 11.5 Å². The molecule has 2 aromatic rings. The van der Waals surface area contributed by atoms with Crippen molar-refractivity contribution in [2.45, 2.75) is 64.2 Å². The summed E-state index contributed by atoms with van der Waals surface area (Å²) < 4.78 is 0. The van der Waals surface area contributed by atoms with Crippen LogP contribution >= 0.6 is 11.8 Å². The van der Waals surface area contributed by atoms with E-state index in [1.165, 1.54) is 11.8 Å². The molecule has 0 amide bonds. The molecule has 0 aliphatic rings. The number of phenolic OH excluding ortho intramolecular Hbond substituents is 2. The lowest BCUT2D eigenvalue weighted by Crippen LogP contribution is -1.97. The predicted molar refractivity (Wildman–Crippen MR) is 107 cm³/mol. The van der Waals surface area contributed by atoms with E-state index in [0.29, 0.717) is 23.3 Å². The Morgan fingerprint density at radius 1 is 0.720 bits per heavy atom. The van der Waals surface area contributed by atoms with E-state index in [1.54, 1.807) is 0 Å². The van der Waals surface area contributed by atoms with E-state index in [0.717, 1.165) is 44.9 Å². The highest BCUT2D eigenvalue weighted by atomic mass is 32.2. The van der Waals surface area contributed by atoms with Crippen LogP contribution in [0.25, 0.3) is 0 Å². The number of hydrogen-bond acceptors (Lipinski definition) is 3. The highest BCUT2D eigenvalue weighted by molar-refractivity contribution is 7.99. The minimum absolute atomic E-state index is 0.343. The summed E-state index contributed by atoms with van der Waals surface area (Å²) in [6, 6.07) is 8.10. The first kappa shape index (κ1) is 19.7. The molecule has 25 heavy (non-hydrogen) atoms. The molecule has 0 unspecified atom stereocenters. The summed E-state index contributed by atoms with van der Waals surface area (Å²) in [5.41, 5.74) is 4.22. The fraction of sp³-hybridized carbons (Fsp3) is 0.455. The molecule has 2 nitrogen and oxygen atoms in total. The molecule has 2 rings (SSSR count). The van der Waals surface area contributed by atoms with E-state index < -0.39 is 0 Å². The van der Waals surface area contributed by atoms with Crippen LogP contribution < -0.4 is 0 Å². The predicted octanol–water partition coefficient (Wildman–Crippen LogP) is 6.26. The minimum atomic E-state index is 0.343. The van der Waals surface area contributed by atoms with Crippen LogP contribution in [0.1, 0.15) is 49.9 Å². The molecule has 0 saturated carbocycles. The molecule has 0 aliphatic carbocycles. The van der Waals surface area contributed by atoms with Gasteiger partial charge >= 0.3 is 0 Å². The molecule has 0 radical (unpaired) electrons. The van der Waals surface area contributed by atoms with Crippen molar-refractivity contribution in [1.82, 2.24) is 0 Å². The summed E-state index contributed by atoms with van der Waals surface area (Å²) in [7, 11) is 0. The number of hydrogen-bond donors (Lipinski definition) is 2. The maximum absolute atomic E-state index is 10.7. The molecular weight excluding hydrogens is 328 g/mol. The molecule has 0 bridgehead atoms. The Bertz CT molecular complexity index is 685. The van der Waals surface area contributed by atoms with Crippen LogP contribution in [0.5, 0.6) is 11.5 Å². The van der Waals surface area contributed by atoms with Crippen molar-refractivity contribution in [2.24, 2.45) is 11.8 Å². The summed E-state index contributed by atoms with van der Waals surface area (Å²) in [5.74, 6) is 1.65. The van der Waals surface area contributed by atoms with Crippen molar-refractivity contribution in [2.75, 3.05) is 0 Å². The van der Waals surface area contributed by atoms with Gasteiger partial charge in [-0.25, -0.2) is 0 Å². The third kappa shape index (κ3) is 5.18. The van der Waals surface area contributed by atoms with Crippen molar-refractivity contribution in [3.63, 3.8) is 0 Å². The average Bonchev–Trinajstić information content (AvgIpc) is 2.47. The number of aromatic hydroxyl groups is 2. The third-order valence-corrected chi connectivity index (χ3v) is 5.13. The Hall–Kier alpha value is -1.61. The zero-order valence-electron chi connectivity index (χ0n) is 16.2. The van der Waals surface area contributed by atoms with Crippen LogP contribution in [0.2, 0.25) is 0 Å². The van der Waals surface area contributed by atoms with Gasteiger partial charge in [0.2, 0.25) is 0 Å². The van der Waals surface area contributed by atoms with Crippen molar-refractivity contribution in [1.29, 1.82) is 0 Å². The van der Waals surface area contributed by atoms with Gasteiger partial charge in [-0.15, -0.1) is 0 Å². The van der Waals surface area contributed by atoms with Crippen LogP contribution in [-0.2, 0) is 12.8 Å². The second-order valence-corrected chi connectivity index (χ2v) is 8.92. The van der Waals surface area contributed by atoms with Crippen LogP contribution in [0.3, 0.4) is 0 Å². The number of aryl methyl sites for hydroxylation is 2. The second-order valence-electron chi connectivity index (χ2n) is 7.84. The van der Waals surface area contributed by atoms with Gasteiger partial charge in [0, 0.05) is 0 Å². The van der Waals surface area contributed by atoms with Crippen LogP contribution in [0, 0.1) is 25.7 Å². The van der Waals surface area contributed by atoms with Gasteiger partial charge < -0.3 is 10.2 Å². The molecule has 0 atom stereocenters. The van der Waals surface area contributed by atoms with E-state index in [9.17, 15) is 10.2 Å². The Morgan fingerprint density at radius 3 is 1.40 bits per heavy atom. The van der Waals surface area contributed by atoms with Crippen LogP contribution in [0.15, 0.2) is 34.1 Å². The van der Waals surface area contributed by atoms with E-state index in [-0.39, 0.29) is 0 Å². The molecular formula is C22H30O2S. The fourth-order valence-electron chi connectivity index (χ4n) is 3.10. The lowest BCUT2D eigenvalue weighted by atomic mass is 10.0. The molecule has 0 saturated heterocycles. The second kappa shape index (κ2) is 8.18. The van der Waals surface area contributed by atoms with Crippen LogP contribution in [-0.4, -0.2) is 10.2 Å². The molecule has 0 aromatic heterocycles. The monoisotopic (exact) mass is 358 g/mol.